The number of amides is 16. The first-order chi connectivity index (χ1) is 57.2. The maximum Gasteiger partial charge on any atom is 0.326 e. The number of aliphatic carboxylic acids is 1. The largest absolute Gasteiger partial charge is 0.480 e. The van der Waals surface area contributed by atoms with Crippen LogP contribution in [0.25, 0.3) is 0 Å². The van der Waals surface area contributed by atoms with Crippen LogP contribution in [0.1, 0.15) is 179 Å². The van der Waals surface area contributed by atoms with Crippen molar-refractivity contribution in [3.63, 3.8) is 0 Å². The number of nitrogens with one attached hydrogen (secondary N) is 13. The summed E-state index contributed by atoms with van der Waals surface area (Å²) in [7, 11) is 0. The second kappa shape index (κ2) is 47.4. The van der Waals surface area contributed by atoms with Crippen molar-refractivity contribution in [1.82, 2.24) is 88.7 Å². The maximum atomic E-state index is 14.7. The smallest absolute Gasteiger partial charge is 0.326 e. The summed E-state index contributed by atoms with van der Waals surface area (Å²) in [5.41, 5.74) is 0.605. The molecule has 0 saturated carbocycles. The average Bonchev–Trinajstić information content (AvgIpc) is 1.74. The molecule has 5 aliphatic heterocycles. The van der Waals surface area contributed by atoms with E-state index in [1.54, 1.807) is 113 Å². The molecular formula is C82H131N17O22. The van der Waals surface area contributed by atoms with E-state index in [0.717, 1.165) is 11.3 Å². The van der Waals surface area contributed by atoms with Gasteiger partial charge in [0.1, 0.15) is 90.6 Å². The third-order valence-corrected chi connectivity index (χ3v) is 22.7. The van der Waals surface area contributed by atoms with Crippen molar-refractivity contribution in [2.24, 2.45) is 35.5 Å². The van der Waals surface area contributed by atoms with E-state index in [1.807, 2.05) is 0 Å². The van der Waals surface area contributed by atoms with Crippen LogP contribution in [0.15, 0.2) is 30.3 Å². The highest BCUT2D eigenvalue weighted by molar-refractivity contribution is 6.01. The van der Waals surface area contributed by atoms with Gasteiger partial charge in [0.25, 0.3) is 0 Å². The van der Waals surface area contributed by atoms with E-state index in [1.165, 1.54) is 21.6 Å². The molecule has 39 heteroatoms. The number of likely N-dealkylation sites (tertiary alicyclic amines) is 4. The number of aliphatic hydroxyl groups excluding tert-OH is 4. The molecule has 0 unspecified atom stereocenters. The van der Waals surface area contributed by atoms with Gasteiger partial charge < -0.3 is 114 Å². The predicted octanol–water partition coefficient (Wildman–Crippen LogP) is -4.06. The fourth-order valence-corrected chi connectivity index (χ4v) is 15.7. The van der Waals surface area contributed by atoms with Crippen LogP contribution in [0.4, 0.5) is 0 Å². The van der Waals surface area contributed by atoms with E-state index >= 15 is 0 Å². The standard InChI is InChI=1S/C82H131N17O22/c1-14-47(12)65(77(115)85-51(35-42(2)3)68(106)88-55(40-101)70(108)89-54(39-100)69(107)86-53(37-49-23-16-15-17-24-49)80(118)99-34-22-29-60(99)82(120)121)94-72(110)58-27-19-31-96(58)61(104)38-84-71(109)57-26-20-32-97(57)79(117)52(36-43(4)5)87-78(116)66(48(13)103)95-76(114)64(46(10)11)93-75(113)63(45(8)9)92-74(112)62(44(6)7)91-73(111)59-28-21-33-98(59)81(119)56(41-102)90-67(105)50-25-18-30-83-50/h15-17,23-24,42-48,50-60,62-66,83,100-103H,14,18-22,25-41H2,1-13H3,(H,84,109)(H,85,115)(H,86,107)(H,87,116)(H,88,106)(H,89,108)(H,90,105)(H,91,111)(H,92,112)(H,93,113)(H,94,110)(H,95,114)(H,120,121)/t47-,48+,50-,51-,52-,53-,54-,55-,56-,57-,58-,59-,60-,62-,63-,64-,65-,66-/m0/s1. The monoisotopic (exact) mass is 1710 g/mol. The molecule has 1 aromatic rings. The van der Waals surface area contributed by atoms with Crippen molar-refractivity contribution in [3.8, 4) is 0 Å². The molecule has 121 heavy (non-hydrogen) atoms. The summed E-state index contributed by atoms with van der Waals surface area (Å²) in [6.45, 7) is 19.1. The Labute approximate surface area is 706 Å². The molecule has 5 fully saturated rings. The summed E-state index contributed by atoms with van der Waals surface area (Å²) in [6, 6.07) is -12.3. The van der Waals surface area contributed by atoms with Gasteiger partial charge in [0.05, 0.1) is 38.5 Å². The summed E-state index contributed by atoms with van der Waals surface area (Å²) in [4.78, 5) is 242. The number of hydrogen-bond donors (Lipinski definition) is 18. The minimum absolute atomic E-state index is 0.0198. The lowest BCUT2D eigenvalue weighted by atomic mass is 9.96. The SMILES string of the molecule is CC[C@H](C)[C@H](NC(=O)[C@@H]1CCCN1C(=O)CNC(=O)[C@@H]1CCCN1C(=O)[C@H](CC(C)C)NC(=O)[C@@H](NC(=O)[C@@H](NC(=O)[C@@H](NC(=O)[C@@H](NC(=O)[C@@H]1CCCN1C(=O)[C@H](CO)NC(=O)[C@@H]1CCCN1)C(C)C)C(C)C)C(C)C)[C@@H](C)O)C(=O)N[C@@H](CC(C)C)C(=O)N[C@@H](CO)C(=O)N[C@@H](CO)C(=O)N[C@@H](Cc1ccccc1)C(=O)N1CCC[C@H]1C(=O)O. The normalized spacial score (nSPS) is 21.1. The Bertz CT molecular complexity index is 3790. The Morgan fingerprint density at radius 3 is 1.23 bits per heavy atom. The van der Waals surface area contributed by atoms with Crippen LogP contribution in [0.5, 0.6) is 0 Å². The molecule has 676 valence electrons. The van der Waals surface area contributed by atoms with Crippen molar-refractivity contribution in [1.29, 1.82) is 0 Å². The zero-order chi connectivity index (χ0) is 90.0. The number of benzene rings is 1. The zero-order valence-electron chi connectivity index (χ0n) is 71.9. The number of aliphatic hydroxyl groups is 4. The minimum Gasteiger partial charge on any atom is -0.480 e. The highest BCUT2D eigenvalue weighted by Crippen LogP contribution is 2.26. The van der Waals surface area contributed by atoms with Crippen molar-refractivity contribution in [2.45, 2.75) is 283 Å². The van der Waals surface area contributed by atoms with Gasteiger partial charge in [-0.2, -0.15) is 0 Å². The molecule has 5 aliphatic rings. The molecule has 18 atom stereocenters. The maximum absolute atomic E-state index is 14.7. The number of carboxylic acids is 1. The Hall–Kier alpha value is -9.99. The fraction of sp³-hybridized carbons (Fsp3) is 0.720. The van der Waals surface area contributed by atoms with Crippen LogP contribution in [0.2, 0.25) is 0 Å². The van der Waals surface area contributed by atoms with Gasteiger partial charge in [0.2, 0.25) is 94.5 Å². The van der Waals surface area contributed by atoms with Crippen LogP contribution < -0.4 is 69.1 Å². The fourth-order valence-electron chi connectivity index (χ4n) is 15.7. The van der Waals surface area contributed by atoms with Crippen LogP contribution in [-0.2, 0) is 87.9 Å². The van der Waals surface area contributed by atoms with E-state index in [0.29, 0.717) is 50.6 Å². The van der Waals surface area contributed by atoms with E-state index in [9.17, 15) is 107 Å². The summed E-state index contributed by atoms with van der Waals surface area (Å²) < 4.78 is 0. The number of rotatable bonds is 44. The van der Waals surface area contributed by atoms with Crippen LogP contribution in [-0.4, -0.2) is 307 Å². The molecule has 0 spiro atoms. The zero-order valence-corrected chi connectivity index (χ0v) is 71.9. The van der Waals surface area contributed by atoms with Crippen LogP contribution in [0, 0.1) is 35.5 Å². The third kappa shape index (κ3) is 28.0. The van der Waals surface area contributed by atoms with E-state index in [-0.39, 0.29) is 83.0 Å². The van der Waals surface area contributed by atoms with Gasteiger partial charge in [-0.15, -0.1) is 0 Å². The molecule has 39 nitrogen and oxygen atoms in total. The number of carbonyl (C=O) groups excluding carboxylic acids is 16. The van der Waals surface area contributed by atoms with Crippen molar-refractivity contribution < 1.29 is 107 Å². The lowest BCUT2D eigenvalue weighted by Gasteiger charge is -2.32. The number of carboxylic acid groups (broad SMARTS) is 1. The van der Waals surface area contributed by atoms with E-state index in [4.69, 9.17) is 0 Å². The van der Waals surface area contributed by atoms with Crippen molar-refractivity contribution >= 4 is 100 Å². The average molecular weight is 1710 g/mol. The minimum atomic E-state index is -1.77. The second-order valence-electron chi connectivity index (χ2n) is 34.2. The first kappa shape index (κ1) is 99.8. The van der Waals surface area contributed by atoms with Gasteiger partial charge in [0, 0.05) is 32.6 Å². The molecule has 5 saturated heterocycles. The van der Waals surface area contributed by atoms with Gasteiger partial charge in [-0.25, -0.2) is 4.79 Å². The Morgan fingerprint density at radius 1 is 0.397 bits per heavy atom. The first-order valence-electron chi connectivity index (χ1n) is 42.5. The topological polar surface area (TPSA) is 561 Å². The highest BCUT2D eigenvalue weighted by atomic mass is 16.4. The number of carbonyl (C=O) groups is 17. The van der Waals surface area contributed by atoms with Gasteiger partial charge >= 0.3 is 5.97 Å². The van der Waals surface area contributed by atoms with Gasteiger partial charge in [-0.3, -0.25) is 76.7 Å². The van der Waals surface area contributed by atoms with Crippen molar-refractivity contribution in [3.05, 3.63) is 35.9 Å². The van der Waals surface area contributed by atoms with Crippen LogP contribution >= 0.6 is 0 Å². The Morgan fingerprint density at radius 2 is 0.777 bits per heavy atom. The molecule has 0 bridgehead atoms. The summed E-state index contributed by atoms with van der Waals surface area (Å²) in [5, 5.41) is 86.1. The second-order valence-corrected chi connectivity index (χ2v) is 34.2. The Balaban J connectivity index is 1.04. The molecule has 18 N–H and O–H groups in total. The summed E-state index contributed by atoms with van der Waals surface area (Å²) >= 11 is 0. The van der Waals surface area contributed by atoms with Crippen molar-refractivity contribution in [2.75, 3.05) is 59.1 Å². The predicted molar refractivity (Wildman–Crippen MR) is 438 cm³/mol. The molecule has 5 heterocycles. The molecule has 16 amide bonds. The van der Waals surface area contributed by atoms with Gasteiger partial charge in [-0.05, 0) is 132 Å². The molecule has 0 radical (unpaired) electrons. The number of hydrogen-bond acceptors (Lipinski definition) is 22. The lowest BCUT2D eigenvalue weighted by molar-refractivity contribution is -0.149. The van der Waals surface area contributed by atoms with Gasteiger partial charge in [-0.1, -0.05) is 120 Å². The molecular weight excluding hydrogens is 1570 g/mol. The number of nitrogens with zero attached hydrogens (tertiary/aromatic N) is 4. The lowest BCUT2D eigenvalue weighted by Crippen LogP contribution is -2.63. The molecule has 0 aromatic heterocycles. The summed E-state index contributed by atoms with van der Waals surface area (Å²) in [6.07, 6.45) is 2.18. The molecule has 0 aliphatic carbocycles. The third-order valence-electron chi connectivity index (χ3n) is 22.7. The highest BCUT2D eigenvalue weighted by Gasteiger charge is 2.46. The molecule has 1 aromatic carbocycles. The van der Waals surface area contributed by atoms with E-state index in [2.05, 4.69) is 69.1 Å². The van der Waals surface area contributed by atoms with Crippen LogP contribution in [0.3, 0.4) is 0 Å². The van der Waals surface area contributed by atoms with Gasteiger partial charge in [0.15, 0.2) is 0 Å². The van der Waals surface area contributed by atoms with E-state index < -0.39 is 253 Å². The summed E-state index contributed by atoms with van der Waals surface area (Å²) in [5.74, 6) is -16.9. The quantitative estimate of drug-likeness (QED) is 0.0296. The molecule has 6 rings (SSSR count). The first-order valence-corrected chi connectivity index (χ1v) is 42.5. The Kier molecular flexibility index (Phi) is 39.1.